The highest BCUT2D eigenvalue weighted by Gasteiger charge is 2.10. The van der Waals surface area contributed by atoms with E-state index in [2.05, 4.69) is 30.2 Å². The van der Waals surface area contributed by atoms with Crippen LogP contribution in [0.5, 0.6) is 0 Å². The summed E-state index contributed by atoms with van der Waals surface area (Å²) < 4.78 is 0. The van der Waals surface area contributed by atoms with Crippen molar-refractivity contribution in [3.8, 4) is 0 Å². The first kappa shape index (κ1) is 11.0. The fraction of sp³-hybridized carbons (Fsp3) is 0.545. The molecule has 0 unspecified atom stereocenters. The third kappa shape index (κ3) is 2.23. The van der Waals surface area contributed by atoms with Gasteiger partial charge in [0, 0.05) is 17.8 Å². The first-order chi connectivity index (χ1) is 6.56. The van der Waals surface area contributed by atoms with E-state index < -0.39 is 0 Å². The molecule has 0 spiro atoms. The third-order valence-corrected chi connectivity index (χ3v) is 2.28. The van der Waals surface area contributed by atoms with Crippen LogP contribution in [0.25, 0.3) is 0 Å². The van der Waals surface area contributed by atoms with Crippen LogP contribution in [0.4, 0.5) is 0 Å². The zero-order valence-corrected chi connectivity index (χ0v) is 9.27. The number of aromatic amines is 1. The molecule has 0 aliphatic rings. The second-order valence-corrected chi connectivity index (χ2v) is 3.90. The zero-order chi connectivity index (χ0) is 10.7. The summed E-state index contributed by atoms with van der Waals surface area (Å²) in [5, 5.41) is 3.02. The largest absolute Gasteiger partial charge is 0.326 e. The van der Waals surface area contributed by atoms with Crippen LogP contribution >= 0.6 is 0 Å². The van der Waals surface area contributed by atoms with Crippen molar-refractivity contribution in [2.45, 2.75) is 33.2 Å². The topological polar surface area (TPSA) is 44.9 Å². The lowest BCUT2D eigenvalue weighted by Gasteiger charge is -2.12. The Morgan fingerprint density at radius 3 is 2.64 bits per heavy atom. The van der Waals surface area contributed by atoms with E-state index in [0.29, 0.717) is 12.5 Å². The van der Waals surface area contributed by atoms with Crippen LogP contribution in [-0.4, -0.2) is 12.0 Å². The molecule has 3 nitrogen and oxygen atoms in total. The van der Waals surface area contributed by atoms with Gasteiger partial charge in [-0.2, -0.15) is 0 Å². The van der Waals surface area contributed by atoms with E-state index in [9.17, 15) is 4.79 Å². The van der Waals surface area contributed by atoms with Gasteiger partial charge in [-0.15, -0.1) is 0 Å². The Bertz CT molecular complexity index is 366. The van der Waals surface area contributed by atoms with E-state index in [1.807, 2.05) is 14.0 Å². The van der Waals surface area contributed by atoms with Crippen LogP contribution in [0.3, 0.4) is 0 Å². The number of pyridine rings is 1. The number of hydrogen-bond acceptors (Lipinski definition) is 2. The molecule has 0 aromatic carbocycles. The van der Waals surface area contributed by atoms with Gasteiger partial charge < -0.3 is 10.3 Å². The molecule has 1 aromatic rings. The van der Waals surface area contributed by atoms with Crippen molar-refractivity contribution in [1.29, 1.82) is 0 Å². The summed E-state index contributed by atoms with van der Waals surface area (Å²) >= 11 is 0. The number of aryl methyl sites for hydroxylation is 1. The number of H-pyrrole nitrogens is 1. The molecule has 0 aliphatic carbocycles. The van der Waals surface area contributed by atoms with Gasteiger partial charge in [-0.25, -0.2) is 0 Å². The molecule has 14 heavy (non-hydrogen) atoms. The normalized spacial score (nSPS) is 10.9. The van der Waals surface area contributed by atoms with E-state index in [1.165, 1.54) is 0 Å². The Morgan fingerprint density at radius 2 is 2.14 bits per heavy atom. The maximum absolute atomic E-state index is 11.7. The highest BCUT2D eigenvalue weighted by atomic mass is 16.1. The van der Waals surface area contributed by atoms with Crippen molar-refractivity contribution in [1.82, 2.24) is 10.3 Å². The fourth-order valence-electron chi connectivity index (χ4n) is 1.62. The van der Waals surface area contributed by atoms with Crippen molar-refractivity contribution < 1.29 is 0 Å². The van der Waals surface area contributed by atoms with Gasteiger partial charge in [0.15, 0.2) is 0 Å². The molecule has 1 aromatic heterocycles. The predicted molar refractivity (Wildman–Crippen MR) is 58.7 cm³/mol. The molecule has 0 radical (unpaired) electrons. The van der Waals surface area contributed by atoms with Gasteiger partial charge in [0.05, 0.1) is 0 Å². The molecule has 3 heteroatoms. The molecule has 0 amide bonds. The summed E-state index contributed by atoms with van der Waals surface area (Å²) in [6, 6.07) is 2.05. The van der Waals surface area contributed by atoms with Crippen LogP contribution in [0.2, 0.25) is 0 Å². The lowest BCUT2D eigenvalue weighted by molar-refractivity contribution is 0.758. The van der Waals surface area contributed by atoms with Crippen LogP contribution in [0.15, 0.2) is 10.9 Å². The smallest absolute Gasteiger partial charge is 0.252 e. The van der Waals surface area contributed by atoms with Crippen molar-refractivity contribution in [3.63, 3.8) is 0 Å². The molecule has 0 bridgehead atoms. The monoisotopic (exact) mass is 194 g/mol. The average molecular weight is 194 g/mol. The summed E-state index contributed by atoms with van der Waals surface area (Å²) in [6.07, 6.45) is 0. The molecule has 1 heterocycles. The molecule has 0 saturated heterocycles. The highest BCUT2D eigenvalue weighted by Crippen LogP contribution is 2.16. The van der Waals surface area contributed by atoms with Crippen molar-refractivity contribution in [2.75, 3.05) is 7.05 Å². The van der Waals surface area contributed by atoms with E-state index in [4.69, 9.17) is 0 Å². The number of aromatic nitrogens is 1. The minimum Gasteiger partial charge on any atom is -0.326 e. The van der Waals surface area contributed by atoms with Gasteiger partial charge >= 0.3 is 0 Å². The lowest BCUT2D eigenvalue weighted by atomic mass is 9.98. The summed E-state index contributed by atoms with van der Waals surface area (Å²) in [4.78, 5) is 14.5. The second-order valence-electron chi connectivity index (χ2n) is 3.90. The second kappa shape index (κ2) is 4.42. The standard InChI is InChI=1S/C11H18N2O/c1-7(2)9-5-8(3)13-11(14)10(9)6-12-4/h5,7,12H,6H2,1-4H3,(H,13,14). The van der Waals surface area contributed by atoms with Gasteiger partial charge in [0.2, 0.25) is 0 Å². The summed E-state index contributed by atoms with van der Waals surface area (Å²) in [5.74, 6) is 0.388. The fourth-order valence-corrected chi connectivity index (χ4v) is 1.62. The minimum atomic E-state index is 0.0306. The van der Waals surface area contributed by atoms with Gasteiger partial charge in [-0.05, 0) is 31.5 Å². The van der Waals surface area contributed by atoms with Crippen LogP contribution < -0.4 is 10.9 Å². The Labute approximate surface area is 84.6 Å². The SMILES string of the molecule is CNCc1c(C(C)C)cc(C)[nH]c1=O. The van der Waals surface area contributed by atoms with Gasteiger partial charge in [-0.3, -0.25) is 4.79 Å². The first-order valence-electron chi connectivity index (χ1n) is 4.93. The maximum Gasteiger partial charge on any atom is 0.252 e. The maximum atomic E-state index is 11.7. The molecule has 0 fully saturated rings. The number of hydrogen-bond donors (Lipinski definition) is 2. The average Bonchev–Trinajstić information content (AvgIpc) is 2.09. The van der Waals surface area contributed by atoms with Crippen molar-refractivity contribution in [2.24, 2.45) is 0 Å². The molecule has 1 rings (SSSR count). The Kier molecular flexibility index (Phi) is 3.47. The minimum absolute atomic E-state index is 0.0306. The third-order valence-electron chi connectivity index (χ3n) is 2.28. The van der Waals surface area contributed by atoms with E-state index >= 15 is 0 Å². The first-order valence-corrected chi connectivity index (χ1v) is 4.93. The van der Waals surface area contributed by atoms with Crippen molar-refractivity contribution >= 4 is 0 Å². The zero-order valence-electron chi connectivity index (χ0n) is 9.27. The van der Waals surface area contributed by atoms with Crippen LogP contribution in [-0.2, 0) is 6.54 Å². The van der Waals surface area contributed by atoms with E-state index in [0.717, 1.165) is 16.8 Å². The Morgan fingerprint density at radius 1 is 1.50 bits per heavy atom. The Balaban J connectivity index is 3.29. The van der Waals surface area contributed by atoms with Crippen molar-refractivity contribution in [3.05, 3.63) is 33.2 Å². The van der Waals surface area contributed by atoms with Gasteiger partial charge in [-0.1, -0.05) is 13.8 Å². The van der Waals surface area contributed by atoms with Gasteiger partial charge in [0.25, 0.3) is 5.56 Å². The highest BCUT2D eigenvalue weighted by molar-refractivity contribution is 5.29. The predicted octanol–water partition coefficient (Wildman–Crippen LogP) is 1.53. The lowest BCUT2D eigenvalue weighted by Crippen LogP contribution is -2.22. The Hall–Kier alpha value is -1.09. The molecule has 0 atom stereocenters. The molecular formula is C11H18N2O. The van der Waals surface area contributed by atoms with Crippen LogP contribution in [0, 0.1) is 6.92 Å². The molecule has 0 aliphatic heterocycles. The number of rotatable bonds is 3. The summed E-state index contributed by atoms with van der Waals surface area (Å²) in [6.45, 7) is 6.75. The molecular weight excluding hydrogens is 176 g/mol. The number of nitrogens with one attached hydrogen (secondary N) is 2. The van der Waals surface area contributed by atoms with Gasteiger partial charge in [0.1, 0.15) is 0 Å². The molecule has 0 saturated carbocycles. The van der Waals surface area contributed by atoms with E-state index in [1.54, 1.807) is 0 Å². The molecule has 78 valence electrons. The van der Waals surface area contributed by atoms with Crippen LogP contribution in [0.1, 0.15) is 36.6 Å². The molecule has 2 N–H and O–H groups in total. The summed E-state index contributed by atoms with van der Waals surface area (Å²) in [7, 11) is 1.85. The van der Waals surface area contributed by atoms with E-state index in [-0.39, 0.29) is 5.56 Å². The summed E-state index contributed by atoms with van der Waals surface area (Å²) in [5.41, 5.74) is 2.95. The quantitative estimate of drug-likeness (QED) is 0.766.